The van der Waals surface area contributed by atoms with Crippen molar-refractivity contribution in [2.75, 3.05) is 7.11 Å². The zero-order valence-corrected chi connectivity index (χ0v) is 16.2. The molecule has 0 bridgehead atoms. The lowest BCUT2D eigenvalue weighted by molar-refractivity contribution is 0.0601. The molecule has 4 heteroatoms. The lowest BCUT2D eigenvalue weighted by atomic mass is 9.89. The van der Waals surface area contributed by atoms with Crippen LogP contribution in [0.3, 0.4) is 0 Å². The quantitative estimate of drug-likeness (QED) is 0.572. The molecule has 1 fully saturated rings. The number of carbonyl (C=O) groups excluding carboxylic acids is 1. The summed E-state index contributed by atoms with van der Waals surface area (Å²) in [6.45, 7) is 6.73. The molecule has 1 aromatic carbocycles. The van der Waals surface area contributed by atoms with Crippen molar-refractivity contribution in [2.24, 2.45) is 0 Å². The number of nitrogens with zero attached hydrogens (tertiary/aromatic N) is 2. The highest BCUT2D eigenvalue weighted by molar-refractivity contribution is 5.95. The standard InChI is InChI=1S/C22H28N2O2/c1-22(2,3)16-13-20-23(14-16)19-12-15(21(25)26-4)10-11-18(19)24(20)17-8-6-5-7-9-17/h10-14,17H,5-9H2,1-4H3. The Kier molecular flexibility index (Phi) is 4.09. The third-order valence-electron chi connectivity index (χ3n) is 5.77. The molecule has 1 aliphatic carbocycles. The summed E-state index contributed by atoms with van der Waals surface area (Å²) in [6, 6.07) is 8.81. The maximum atomic E-state index is 12.0. The predicted octanol–water partition coefficient (Wildman–Crippen LogP) is 5.48. The van der Waals surface area contributed by atoms with E-state index in [2.05, 4.69) is 48.1 Å². The normalized spacial score (nSPS) is 16.5. The Morgan fingerprint density at radius 2 is 1.81 bits per heavy atom. The highest BCUT2D eigenvalue weighted by Gasteiger charge is 2.24. The van der Waals surface area contributed by atoms with Crippen LogP contribution in [0, 0.1) is 0 Å². The summed E-state index contributed by atoms with van der Waals surface area (Å²) in [7, 11) is 1.43. The van der Waals surface area contributed by atoms with Gasteiger partial charge in [0.15, 0.2) is 0 Å². The number of imidazole rings is 1. The molecule has 1 aliphatic rings. The maximum Gasteiger partial charge on any atom is 0.337 e. The molecule has 0 amide bonds. The van der Waals surface area contributed by atoms with E-state index in [0.717, 1.165) is 5.52 Å². The minimum absolute atomic E-state index is 0.0930. The van der Waals surface area contributed by atoms with E-state index >= 15 is 0 Å². The third-order valence-corrected chi connectivity index (χ3v) is 5.77. The van der Waals surface area contributed by atoms with Crippen LogP contribution in [-0.4, -0.2) is 22.0 Å². The Balaban J connectivity index is 1.98. The number of carbonyl (C=O) groups is 1. The molecule has 0 spiro atoms. The molecular formula is C22H28N2O2. The summed E-state index contributed by atoms with van der Waals surface area (Å²) in [5.74, 6) is -0.284. The molecule has 4 rings (SSSR count). The summed E-state index contributed by atoms with van der Waals surface area (Å²) in [5.41, 5.74) is 5.55. The number of hydrogen-bond acceptors (Lipinski definition) is 2. The van der Waals surface area contributed by atoms with E-state index in [9.17, 15) is 4.79 Å². The van der Waals surface area contributed by atoms with Crippen LogP contribution in [0.1, 0.15) is 74.8 Å². The van der Waals surface area contributed by atoms with Gasteiger partial charge in [-0.2, -0.15) is 0 Å². The van der Waals surface area contributed by atoms with Crippen molar-refractivity contribution in [2.45, 2.75) is 64.3 Å². The molecular weight excluding hydrogens is 324 g/mol. The Hall–Kier alpha value is -2.23. The monoisotopic (exact) mass is 352 g/mol. The molecule has 0 N–H and O–H groups in total. The maximum absolute atomic E-state index is 12.0. The minimum Gasteiger partial charge on any atom is -0.465 e. The van der Waals surface area contributed by atoms with Gasteiger partial charge in [-0.1, -0.05) is 40.0 Å². The summed E-state index contributed by atoms with van der Waals surface area (Å²) >= 11 is 0. The van der Waals surface area contributed by atoms with Gasteiger partial charge >= 0.3 is 5.97 Å². The van der Waals surface area contributed by atoms with Crippen molar-refractivity contribution in [3.63, 3.8) is 0 Å². The van der Waals surface area contributed by atoms with Crippen molar-refractivity contribution >= 4 is 22.6 Å². The van der Waals surface area contributed by atoms with E-state index in [-0.39, 0.29) is 11.4 Å². The van der Waals surface area contributed by atoms with Crippen LogP contribution >= 0.6 is 0 Å². The van der Waals surface area contributed by atoms with Gasteiger partial charge in [0.2, 0.25) is 0 Å². The first-order valence-electron chi connectivity index (χ1n) is 9.65. The first-order chi connectivity index (χ1) is 12.4. The fourth-order valence-corrected chi connectivity index (χ4v) is 4.25. The lowest BCUT2D eigenvalue weighted by Crippen LogP contribution is -2.13. The second kappa shape index (κ2) is 6.19. The topological polar surface area (TPSA) is 35.6 Å². The molecule has 138 valence electrons. The smallest absolute Gasteiger partial charge is 0.337 e. The van der Waals surface area contributed by atoms with Crippen LogP contribution in [-0.2, 0) is 10.2 Å². The average molecular weight is 352 g/mol. The number of aromatic nitrogens is 2. The van der Waals surface area contributed by atoms with Gasteiger partial charge in [0, 0.05) is 12.2 Å². The van der Waals surface area contributed by atoms with Gasteiger partial charge in [-0.25, -0.2) is 4.79 Å². The molecule has 0 aliphatic heterocycles. The SMILES string of the molecule is COC(=O)c1ccc2c(c1)n1cc(C(C)(C)C)cc1n2C1CCCCC1. The van der Waals surface area contributed by atoms with Gasteiger partial charge in [0.1, 0.15) is 5.65 Å². The number of ether oxygens (including phenoxy) is 1. The van der Waals surface area contributed by atoms with E-state index in [0.29, 0.717) is 11.6 Å². The Labute approximate surface area is 154 Å². The molecule has 0 atom stereocenters. The molecule has 2 aromatic heterocycles. The van der Waals surface area contributed by atoms with Crippen LogP contribution < -0.4 is 0 Å². The average Bonchev–Trinajstić information content (AvgIpc) is 3.18. The van der Waals surface area contributed by atoms with Crippen LogP contribution in [0.25, 0.3) is 16.7 Å². The van der Waals surface area contributed by atoms with Crippen molar-refractivity contribution in [1.82, 2.24) is 8.97 Å². The Morgan fingerprint density at radius 3 is 2.46 bits per heavy atom. The summed E-state index contributed by atoms with van der Waals surface area (Å²) in [4.78, 5) is 12.0. The highest BCUT2D eigenvalue weighted by atomic mass is 16.5. The van der Waals surface area contributed by atoms with E-state index in [1.807, 2.05) is 12.1 Å². The number of hydrogen-bond donors (Lipinski definition) is 0. The predicted molar refractivity (Wildman–Crippen MR) is 105 cm³/mol. The van der Waals surface area contributed by atoms with Gasteiger partial charge < -0.3 is 13.7 Å². The largest absolute Gasteiger partial charge is 0.465 e. The highest BCUT2D eigenvalue weighted by Crippen LogP contribution is 2.36. The molecule has 0 radical (unpaired) electrons. The zero-order chi connectivity index (χ0) is 18.5. The van der Waals surface area contributed by atoms with Crippen LogP contribution in [0.5, 0.6) is 0 Å². The molecule has 3 aromatic rings. The first-order valence-corrected chi connectivity index (χ1v) is 9.65. The van der Waals surface area contributed by atoms with E-state index in [1.165, 1.54) is 55.9 Å². The van der Waals surface area contributed by atoms with Crippen LogP contribution in [0.4, 0.5) is 0 Å². The third kappa shape index (κ3) is 2.72. The Morgan fingerprint density at radius 1 is 1.08 bits per heavy atom. The second-order valence-electron chi connectivity index (χ2n) is 8.56. The van der Waals surface area contributed by atoms with E-state index in [1.54, 1.807) is 0 Å². The molecule has 2 heterocycles. The van der Waals surface area contributed by atoms with Crippen molar-refractivity contribution < 1.29 is 9.53 Å². The van der Waals surface area contributed by atoms with Gasteiger partial charge in [0.05, 0.1) is 23.7 Å². The fraction of sp³-hybridized carbons (Fsp3) is 0.500. The number of esters is 1. The summed E-state index contributed by atoms with van der Waals surface area (Å²) in [5, 5.41) is 0. The van der Waals surface area contributed by atoms with Crippen molar-refractivity contribution in [3.8, 4) is 0 Å². The molecule has 1 saturated carbocycles. The number of methoxy groups -OCH3 is 1. The molecule has 26 heavy (non-hydrogen) atoms. The number of fused-ring (bicyclic) bond motifs is 3. The minimum atomic E-state index is -0.284. The fourth-order valence-electron chi connectivity index (χ4n) is 4.25. The second-order valence-corrected chi connectivity index (χ2v) is 8.56. The van der Waals surface area contributed by atoms with Gasteiger partial charge in [0.25, 0.3) is 0 Å². The Bertz CT molecular complexity index is 966. The number of benzene rings is 1. The van der Waals surface area contributed by atoms with Crippen molar-refractivity contribution in [3.05, 3.63) is 41.6 Å². The van der Waals surface area contributed by atoms with Crippen molar-refractivity contribution in [1.29, 1.82) is 0 Å². The van der Waals surface area contributed by atoms with E-state index in [4.69, 9.17) is 4.74 Å². The number of rotatable bonds is 2. The van der Waals surface area contributed by atoms with Gasteiger partial charge in [-0.05, 0) is 48.1 Å². The molecule has 0 saturated heterocycles. The summed E-state index contributed by atoms with van der Waals surface area (Å²) in [6.07, 6.45) is 8.63. The van der Waals surface area contributed by atoms with Crippen LogP contribution in [0.15, 0.2) is 30.5 Å². The van der Waals surface area contributed by atoms with Crippen LogP contribution in [0.2, 0.25) is 0 Å². The van der Waals surface area contributed by atoms with Gasteiger partial charge in [-0.15, -0.1) is 0 Å². The van der Waals surface area contributed by atoms with Gasteiger partial charge in [-0.3, -0.25) is 0 Å². The van der Waals surface area contributed by atoms with E-state index < -0.39 is 0 Å². The molecule has 0 unspecified atom stereocenters. The molecule has 4 nitrogen and oxygen atoms in total. The lowest BCUT2D eigenvalue weighted by Gasteiger charge is -2.24. The summed E-state index contributed by atoms with van der Waals surface area (Å²) < 4.78 is 9.69. The zero-order valence-electron chi connectivity index (χ0n) is 16.2. The first kappa shape index (κ1) is 17.2.